The maximum Gasteiger partial charge on any atom is 0.251 e. The van der Waals surface area contributed by atoms with Gasteiger partial charge in [0.2, 0.25) is 0 Å². The zero-order valence-corrected chi connectivity index (χ0v) is 8.38. The lowest BCUT2D eigenvalue weighted by Crippen LogP contribution is -2.22. The van der Waals surface area contributed by atoms with Crippen LogP contribution >= 0.6 is 12.4 Å². The Morgan fingerprint density at radius 2 is 1.93 bits per heavy atom. The van der Waals surface area contributed by atoms with Crippen LogP contribution < -0.4 is 5.73 Å². The Balaban J connectivity index is 0.00000169. The molecule has 0 aromatic heterocycles. The first-order valence-electron chi connectivity index (χ1n) is 3.72. The molecule has 0 aliphatic carbocycles. The molecule has 1 aromatic rings. The molecule has 1 atom stereocenters. The van der Waals surface area contributed by atoms with Gasteiger partial charge in [0.15, 0.2) is 6.10 Å². The standard InChI is InChI=1S/C9H10FNO2.ClH/c1-13-8(9(11)12)6-2-4-7(10)5-3-6;/h2-5,8H,1H3,(H2,11,12);1H. The molecule has 1 aromatic carbocycles. The molecule has 3 nitrogen and oxygen atoms in total. The van der Waals surface area contributed by atoms with Crippen molar-refractivity contribution in [2.45, 2.75) is 6.10 Å². The normalized spacial score (nSPS) is 11.6. The predicted octanol–water partition coefficient (Wildman–Crippen LogP) is 1.42. The van der Waals surface area contributed by atoms with Gasteiger partial charge in [0.1, 0.15) is 5.82 Å². The minimum Gasteiger partial charge on any atom is -0.367 e. The van der Waals surface area contributed by atoms with Crippen molar-refractivity contribution in [3.8, 4) is 0 Å². The molecular formula is C9H11ClFNO2. The maximum atomic E-state index is 12.5. The fraction of sp³-hybridized carbons (Fsp3) is 0.222. The Bertz CT molecular complexity index is 302. The van der Waals surface area contributed by atoms with Crippen LogP contribution in [0.4, 0.5) is 4.39 Å². The van der Waals surface area contributed by atoms with Crippen LogP contribution in [0, 0.1) is 5.82 Å². The molecule has 78 valence electrons. The lowest BCUT2D eigenvalue weighted by molar-refractivity contribution is -0.128. The van der Waals surface area contributed by atoms with Crippen molar-refractivity contribution in [1.82, 2.24) is 0 Å². The first-order chi connectivity index (χ1) is 6.15. The fourth-order valence-corrected chi connectivity index (χ4v) is 1.05. The van der Waals surface area contributed by atoms with E-state index in [1.165, 1.54) is 31.4 Å². The summed E-state index contributed by atoms with van der Waals surface area (Å²) in [6.07, 6.45) is -0.805. The van der Waals surface area contributed by atoms with E-state index in [1.54, 1.807) is 0 Å². The second-order valence-electron chi connectivity index (χ2n) is 2.57. The molecule has 1 amide bonds. The number of halogens is 2. The molecule has 0 aliphatic heterocycles. The van der Waals surface area contributed by atoms with Crippen LogP contribution in [-0.2, 0) is 9.53 Å². The summed E-state index contributed by atoms with van der Waals surface area (Å²) in [4.78, 5) is 10.8. The number of nitrogens with two attached hydrogens (primary N) is 1. The molecular weight excluding hydrogens is 209 g/mol. The highest BCUT2D eigenvalue weighted by atomic mass is 35.5. The van der Waals surface area contributed by atoms with Crippen LogP contribution in [0.15, 0.2) is 24.3 Å². The minimum absolute atomic E-state index is 0. The highest BCUT2D eigenvalue weighted by Gasteiger charge is 2.15. The molecule has 5 heteroatoms. The van der Waals surface area contributed by atoms with Gasteiger partial charge in [0, 0.05) is 7.11 Å². The smallest absolute Gasteiger partial charge is 0.251 e. The molecule has 0 heterocycles. The molecule has 0 bridgehead atoms. The summed E-state index contributed by atoms with van der Waals surface area (Å²) < 4.78 is 17.3. The Labute approximate surface area is 87.5 Å². The molecule has 2 N–H and O–H groups in total. The minimum atomic E-state index is -0.805. The van der Waals surface area contributed by atoms with E-state index in [4.69, 9.17) is 10.5 Å². The molecule has 0 radical (unpaired) electrons. The summed E-state index contributed by atoms with van der Waals surface area (Å²) in [7, 11) is 1.37. The van der Waals surface area contributed by atoms with Crippen LogP contribution in [0.25, 0.3) is 0 Å². The first kappa shape index (κ1) is 12.9. The quantitative estimate of drug-likeness (QED) is 0.836. The van der Waals surface area contributed by atoms with Gasteiger partial charge in [-0.1, -0.05) is 12.1 Å². The Morgan fingerprint density at radius 3 is 2.29 bits per heavy atom. The number of rotatable bonds is 3. The number of hydrogen-bond acceptors (Lipinski definition) is 2. The zero-order valence-electron chi connectivity index (χ0n) is 7.57. The van der Waals surface area contributed by atoms with Gasteiger partial charge in [-0.2, -0.15) is 0 Å². The van der Waals surface area contributed by atoms with Crippen LogP contribution in [0.3, 0.4) is 0 Å². The molecule has 0 saturated carbocycles. The summed E-state index contributed by atoms with van der Waals surface area (Å²) in [5.74, 6) is -0.947. The highest BCUT2D eigenvalue weighted by Crippen LogP contribution is 2.15. The second-order valence-corrected chi connectivity index (χ2v) is 2.57. The number of methoxy groups -OCH3 is 1. The third kappa shape index (κ3) is 2.97. The molecule has 1 unspecified atom stereocenters. The van der Waals surface area contributed by atoms with E-state index in [9.17, 15) is 9.18 Å². The van der Waals surface area contributed by atoms with E-state index in [0.717, 1.165) is 0 Å². The SMILES string of the molecule is COC(C(N)=O)c1ccc(F)cc1.Cl. The second kappa shape index (κ2) is 5.57. The predicted molar refractivity (Wildman–Crippen MR) is 52.6 cm³/mol. The summed E-state index contributed by atoms with van der Waals surface area (Å²) in [6, 6.07) is 5.44. The molecule has 0 spiro atoms. The average Bonchev–Trinajstić information content (AvgIpc) is 2.09. The van der Waals surface area contributed by atoms with Gasteiger partial charge in [0.05, 0.1) is 0 Å². The fourth-order valence-electron chi connectivity index (χ4n) is 1.05. The average molecular weight is 220 g/mol. The van der Waals surface area contributed by atoms with Crippen molar-refractivity contribution >= 4 is 18.3 Å². The molecule has 0 fully saturated rings. The highest BCUT2D eigenvalue weighted by molar-refractivity contribution is 5.85. The van der Waals surface area contributed by atoms with Gasteiger partial charge in [-0.15, -0.1) is 12.4 Å². The molecule has 14 heavy (non-hydrogen) atoms. The Hall–Kier alpha value is -1.13. The lowest BCUT2D eigenvalue weighted by Gasteiger charge is -2.10. The van der Waals surface area contributed by atoms with E-state index in [0.29, 0.717) is 5.56 Å². The van der Waals surface area contributed by atoms with Crippen LogP contribution in [0.2, 0.25) is 0 Å². The molecule has 1 rings (SSSR count). The van der Waals surface area contributed by atoms with Crippen molar-refractivity contribution in [2.75, 3.05) is 7.11 Å². The van der Waals surface area contributed by atoms with Gasteiger partial charge in [-0.3, -0.25) is 4.79 Å². The number of hydrogen-bond donors (Lipinski definition) is 1. The third-order valence-corrected chi connectivity index (χ3v) is 1.67. The van der Waals surface area contributed by atoms with Gasteiger partial charge in [0.25, 0.3) is 5.91 Å². The Kier molecular flexibility index (Phi) is 5.12. The topological polar surface area (TPSA) is 52.3 Å². The number of carbonyl (C=O) groups is 1. The van der Waals surface area contributed by atoms with Gasteiger partial charge >= 0.3 is 0 Å². The first-order valence-corrected chi connectivity index (χ1v) is 3.72. The van der Waals surface area contributed by atoms with E-state index >= 15 is 0 Å². The van der Waals surface area contributed by atoms with Crippen molar-refractivity contribution in [3.05, 3.63) is 35.6 Å². The number of ether oxygens (including phenoxy) is 1. The zero-order chi connectivity index (χ0) is 9.84. The van der Waals surface area contributed by atoms with E-state index in [1.807, 2.05) is 0 Å². The van der Waals surface area contributed by atoms with Crippen molar-refractivity contribution in [2.24, 2.45) is 5.73 Å². The van der Waals surface area contributed by atoms with Crippen molar-refractivity contribution < 1.29 is 13.9 Å². The van der Waals surface area contributed by atoms with E-state index in [-0.39, 0.29) is 18.2 Å². The van der Waals surface area contributed by atoms with Crippen molar-refractivity contribution in [1.29, 1.82) is 0 Å². The van der Waals surface area contributed by atoms with E-state index in [2.05, 4.69) is 0 Å². The summed E-state index contributed by atoms with van der Waals surface area (Å²) in [5, 5.41) is 0. The molecule has 0 saturated heterocycles. The third-order valence-electron chi connectivity index (χ3n) is 1.67. The Morgan fingerprint density at radius 1 is 1.43 bits per heavy atom. The lowest BCUT2D eigenvalue weighted by atomic mass is 10.1. The largest absolute Gasteiger partial charge is 0.367 e. The number of carbonyl (C=O) groups excluding carboxylic acids is 1. The van der Waals surface area contributed by atoms with Crippen LogP contribution in [0.5, 0.6) is 0 Å². The van der Waals surface area contributed by atoms with Gasteiger partial charge in [-0.05, 0) is 17.7 Å². The maximum absolute atomic E-state index is 12.5. The van der Waals surface area contributed by atoms with E-state index < -0.39 is 12.0 Å². The molecule has 0 aliphatic rings. The summed E-state index contributed by atoms with van der Waals surface area (Å²) >= 11 is 0. The van der Waals surface area contributed by atoms with Crippen LogP contribution in [0.1, 0.15) is 11.7 Å². The van der Waals surface area contributed by atoms with Gasteiger partial charge in [-0.25, -0.2) is 4.39 Å². The number of amides is 1. The van der Waals surface area contributed by atoms with Gasteiger partial charge < -0.3 is 10.5 Å². The summed E-state index contributed by atoms with van der Waals surface area (Å²) in [5.41, 5.74) is 5.61. The van der Waals surface area contributed by atoms with Crippen LogP contribution in [-0.4, -0.2) is 13.0 Å². The monoisotopic (exact) mass is 219 g/mol. The number of benzene rings is 1. The number of primary amides is 1. The van der Waals surface area contributed by atoms with Crippen molar-refractivity contribution in [3.63, 3.8) is 0 Å². The summed E-state index contributed by atoms with van der Waals surface area (Å²) in [6.45, 7) is 0.